The SMILES string of the molecule is Cc1cc(C)c(S(=O)(=O)N2CC(O)C2)c(C)c1CC(=O)O. The summed E-state index contributed by atoms with van der Waals surface area (Å²) in [5.41, 5.74) is 2.39. The number of aryl methyl sites for hydroxylation is 2. The van der Waals surface area contributed by atoms with Gasteiger partial charge in [0.25, 0.3) is 0 Å². The van der Waals surface area contributed by atoms with Gasteiger partial charge in [-0.25, -0.2) is 8.42 Å². The molecule has 0 unspecified atom stereocenters. The zero-order valence-corrected chi connectivity index (χ0v) is 13.1. The summed E-state index contributed by atoms with van der Waals surface area (Å²) < 4.78 is 26.5. The second-order valence-corrected chi connectivity index (χ2v) is 7.36. The van der Waals surface area contributed by atoms with Crippen molar-refractivity contribution >= 4 is 16.0 Å². The first-order chi connectivity index (χ1) is 9.64. The quantitative estimate of drug-likeness (QED) is 0.849. The number of sulfonamides is 1. The smallest absolute Gasteiger partial charge is 0.307 e. The molecular formula is C14H19NO5S. The third-order valence-electron chi connectivity index (χ3n) is 3.82. The molecule has 0 bridgehead atoms. The van der Waals surface area contributed by atoms with Crippen molar-refractivity contribution in [1.29, 1.82) is 0 Å². The van der Waals surface area contributed by atoms with E-state index in [0.717, 1.165) is 5.56 Å². The molecule has 21 heavy (non-hydrogen) atoms. The molecule has 1 aromatic carbocycles. The fourth-order valence-corrected chi connectivity index (χ4v) is 4.74. The Hall–Kier alpha value is -1.44. The van der Waals surface area contributed by atoms with Crippen LogP contribution in [0.2, 0.25) is 0 Å². The Balaban J connectivity index is 2.56. The van der Waals surface area contributed by atoms with Crippen LogP contribution in [0.4, 0.5) is 0 Å². The lowest BCUT2D eigenvalue weighted by molar-refractivity contribution is -0.136. The molecule has 0 saturated carbocycles. The van der Waals surface area contributed by atoms with Crippen LogP contribution in [0, 0.1) is 20.8 Å². The molecule has 2 N–H and O–H groups in total. The molecular weight excluding hydrogens is 294 g/mol. The third-order valence-corrected chi connectivity index (χ3v) is 5.94. The number of aliphatic hydroxyl groups excluding tert-OH is 1. The van der Waals surface area contributed by atoms with Crippen molar-refractivity contribution in [3.63, 3.8) is 0 Å². The van der Waals surface area contributed by atoms with Gasteiger partial charge in [0.2, 0.25) is 10.0 Å². The molecule has 1 fully saturated rings. The molecule has 0 spiro atoms. The predicted octanol–water partition coefficient (Wildman–Crippen LogP) is 0.604. The molecule has 0 aliphatic carbocycles. The van der Waals surface area contributed by atoms with Crippen LogP contribution in [-0.2, 0) is 21.2 Å². The fraction of sp³-hybridized carbons (Fsp3) is 0.500. The van der Waals surface area contributed by atoms with Crippen LogP contribution < -0.4 is 0 Å². The summed E-state index contributed by atoms with van der Waals surface area (Å²) in [6.07, 6.45) is -0.826. The number of benzene rings is 1. The number of rotatable bonds is 4. The molecule has 2 rings (SSSR count). The van der Waals surface area contributed by atoms with Gasteiger partial charge in [0.1, 0.15) is 0 Å². The highest BCUT2D eigenvalue weighted by Gasteiger charge is 2.37. The van der Waals surface area contributed by atoms with Crippen molar-refractivity contribution in [2.24, 2.45) is 0 Å². The summed E-state index contributed by atoms with van der Waals surface area (Å²) in [7, 11) is -3.69. The largest absolute Gasteiger partial charge is 0.481 e. The van der Waals surface area contributed by atoms with Crippen LogP contribution in [0.5, 0.6) is 0 Å². The lowest BCUT2D eigenvalue weighted by Gasteiger charge is -2.35. The van der Waals surface area contributed by atoms with E-state index in [-0.39, 0.29) is 24.4 Å². The number of carboxylic acid groups (broad SMARTS) is 1. The van der Waals surface area contributed by atoms with Crippen LogP contribution in [-0.4, -0.2) is 48.1 Å². The Bertz CT molecular complexity index is 690. The topological polar surface area (TPSA) is 94.9 Å². The summed E-state index contributed by atoms with van der Waals surface area (Å²) in [4.78, 5) is 11.1. The normalized spacial score (nSPS) is 16.8. The summed E-state index contributed by atoms with van der Waals surface area (Å²) in [6.45, 7) is 5.30. The van der Waals surface area contributed by atoms with Gasteiger partial charge in [0, 0.05) is 13.1 Å². The molecule has 0 amide bonds. The monoisotopic (exact) mass is 313 g/mol. The van der Waals surface area contributed by atoms with Gasteiger partial charge < -0.3 is 10.2 Å². The first kappa shape index (κ1) is 15.9. The second kappa shape index (κ2) is 5.40. The third kappa shape index (κ3) is 2.81. The van der Waals surface area contributed by atoms with Gasteiger partial charge in [-0.05, 0) is 43.0 Å². The van der Waals surface area contributed by atoms with E-state index in [1.807, 2.05) is 0 Å². The van der Waals surface area contributed by atoms with E-state index < -0.39 is 22.1 Å². The van der Waals surface area contributed by atoms with Crippen LogP contribution in [0.25, 0.3) is 0 Å². The van der Waals surface area contributed by atoms with E-state index in [0.29, 0.717) is 16.7 Å². The van der Waals surface area contributed by atoms with Crippen molar-refractivity contribution in [1.82, 2.24) is 4.31 Å². The highest BCUT2D eigenvalue weighted by atomic mass is 32.2. The number of β-amino-alcohol motifs (C(OH)–C–C–N with tert-alkyl or cyclic N) is 1. The molecule has 1 saturated heterocycles. The van der Waals surface area contributed by atoms with Gasteiger partial charge >= 0.3 is 5.97 Å². The van der Waals surface area contributed by atoms with Crippen molar-refractivity contribution < 1.29 is 23.4 Å². The van der Waals surface area contributed by atoms with Crippen molar-refractivity contribution in [3.05, 3.63) is 28.3 Å². The van der Waals surface area contributed by atoms with Gasteiger partial charge in [-0.15, -0.1) is 0 Å². The average molecular weight is 313 g/mol. The lowest BCUT2D eigenvalue weighted by atomic mass is 9.97. The maximum absolute atomic E-state index is 12.6. The van der Waals surface area contributed by atoms with Gasteiger partial charge in [-0.2, -0.15) is 4.31 Å². The van der Waals surface area contributed by atoms with E-state index >= 15 is 0 Å². The zero-order valence-electron chi connectivity index (χ0n) is 12.3. The molecule has 116 valence electrons. The number of hydrogen-bond donors (Lipinski definition) is 2. The minimum Gasteiger partial charge on any atom is -0.481 e. The molecule has 1 aliphatic rings. The fourth-order valence-electron chi connectivity index (χ4n) is 2.77. The molecule has 6 nitrogen and oxygen atoms in total. The number of carbonyl (C=O) groups is 1. The highest BCUT2D eigenvalue weighted by molar-refractivity contribution is 7.89. The van der Waals surface area contributed by atoms with E-state index in [4.69, 9.17) is 5.11 Å². The van der Waals surface area contributed by atoms with Crippen LogP contribution in [0.3, 0.4) is 0 Å². The van der Waals surface area contributed by atoms with E-state index in [1.54, 1.807) is 26.8 Å². The first-order valence-electron chi connectivity index (χ1n) is 6.64. The molecule has 0 atom stereocenters. The standard InChI is InChI=1S/C14H19NO5S/c1-8-4-9(2)14(10(3)12(8)5-13(17)18)21(19,20)15-6-11(16)7-15/h4,11,16H,5-7H2,1-3H3,(H,17,18). The first-order valence-corrected chi connectivity index (χ1v) is 8.08. The van der Waals surface area contributed by atoms with Gasteiger partial charge in [0.05, 0.1) is 17.4 Å². The predicted molar refractivity (Wildman–Crippen MR) is 76.8 cm³/mol. The Morgan fingerprint density at radius 2 is 1.86 bits per heavy atom. The Morgan fingerprint density at radius 3 is 2.33 bits per heavy atom. The van der Waals surface area contributed by atoms with E-state index in [2.05, 4.69) is 0 Å². The van der Waals surface area contributed by atoms with Gasteiger partial charge in [-0.1, -0.05) is 6.07 Å². The molecule has 1 aliphatic heterocycles. The number of carboxylic acids is 1. The van der Waals surface area contributed by atoms with E-state index in [1.165, 1.54) is 4.31 Å². The molecule has 7 heteroatoms. The summed E-state index contributed by atoms with van der Waals surface area (Å²) in [5.74, 6) is -0.993. The van der Waals surface area contributed by atoms with Gasteiger partial charge in [0.15, 0.2) is 0 Å². The van der Waals surface area contributed by atoms with Crippen molar-refractivity contribution in [3.8, 4) is 0 Å². The number of hydrogen-bond acceptors (Lipinski definition) is 4. The summed E-state index contributed by atoms with van der Waals surface area (Å²) >= 11 is 0. The van der Waals surface area contributed by atoms with Crippen molar-refractivity contribution in [2.45, 2.75) is 38.2 Å². The molecule has 1 aromatic rings. The molecule has 0 radical (unpaired) electrons. The van der Waals surface area contributed by atoms with Crippen LogP contribution in [0.15, 0.2) is 11.0 Å². The van der Waals surface area contributed by atoms with Crippen LogP contribution in [0.1, 0.15) is 22.3 Å². The maximum atomic E-state index is 12.6. The van der Waals surface area contributed by atoms with Gasteiger partial charge in [-0.3, -0.25) is 4.79 Å². The number of aliphatic hydroxyl groups is 1. The molecule has 0 aromatic heterocycles. The number of nitrogens with zero attached hydrogens (tertiary/aromatic N) is 1. The summed E-state index contributed by atoms with van der Waals surface area (Å²) in [5, 5.41) is 18.3. The Morgan fingerprint density at radius 1 is 1.29 bits per heavy atom. The summed E-state index contributed by atoms with van der Waals surface area (Å²) in [6, 6.07) is 1.70. The zero-order chi connectivity index (χ0) is 15.9. The lowest BCUT2D eigenvalue weighted by Crippen LogP contribution is -2.53. The van der Waals surface area contributed by atoms with Crippen LogP contribution >= 0.6 is 0 Å². The highest BCUT2D eigenvalue weighted by Crippen LogP contribution is 2.31. The Labute approximate surface area is 124 Å². The second-order valence-electron chi connectivity index (χ2n) is 5.49. The maximum Gasteiger partial charge on any atom is 0.307 e. The minimum absolute atomic E-state index is 0.0867. The minimum atomic E-state index is -3.69. The molecule has 1 heterocycles. The van der Waals surface area contributed by atoms with E-state index in [9.17, 15) is 18.3 Å². The van der Waals surface area contributed by atoms with Crippen molar-refractivity contribution in [2.75, 3.05) is 13.1 Å². The Kier molecular flexibility index (Phi) is 4.10. The number of aliphatic carboxylic acids is 1. The average Bonchev–Trinajstić information content (AvgIpc) is 2.29.